The molecule has 0 unspecified atom stereocenters. The number of hydrogen-bond acceptors (Lipinski definition) is 5. The minimum atomic E-state index is 0.779. The van der Waals surface area contributed by atoms with Crippen LogP contribution < -0.4 is 15.1 Å². The van der Waals surface area contributed by atoms with E-state index in [0.29, 0.717) is 0 Å². The highest BCUT2D eigenvalue weighted by atomic mass is 16.5. The van der Waals surface area contributed by atoms with Gasteiger partial charge in [-0.3, -0.25) is 5.43 Å². The highest BCUT2D eigenvalue weighted by Crippen LogP contribution is 2.28. The van der Waals surface area contributed by atoms with Gasteiger partial charge in [-0.15, -0.1) is 0 Å². The summed E-state index contributed by atoms with van der Waals surface area (Å²) >= 11 is 0. The van der Waals surface area contributed by atoms with Crippen molar-refractivity contribution in [2.75, 3.05) is 30.5 Å². The normalized spacial score (nSPS) is 11.4. The van der Waals surface area contributed by atoms with Crippen LogP contribution in [-0.4, -0.2) is 31.4 Å². The average molecular weight is 451 g/mol. The number of anilines is 2. The van der Waals surface area contributed by atoms with E-state index in [1.807, 2.05) is 54.8 Å². The van der Waals surface area contributed by atoms with Crippen LogP contribution in [0.25, 0.3) is 23.1 Å². The predicted molar refractivity (Wildman–Crippen MR) is 145 cm³/mol. The van der Waals surface area contributed by atoms with Crippen molar-refractivity contribution in [1.29, 1.82) is 0 Å². The Bertz CT molecular complexity index is 1280. The third-order valence-corrected chi connectivity index (χ3v) is 5.70. The summed E-state index contributed by atoms with van der Waals surface area (Å²) in [5.41, 5.74) is 9.18. The van der Waals surface area contributed by atoms with Crippen LogP contribution in [0, 0.1) is 0 Å². The topological polar surface area (TPSA) is 49.8 Å². The molecule has 0 aliphatic heterocycles. The van der Waals surface area contributed by atoms with Crippen molar-refractivity contribution in [1.82, 2.24) is 4.98 Å². The monoisotopic (exact) mass is 450 g/mol. The minimum Gasteiger partial charge on any atom is -0.497 e. The summed E-state index contributed by atoms with van der Waals surface area (Å²) in [7, 11) is 1.67. The second-order valence-corrected chi connectivity index (χ2v) is 7.86. The zero-order valence-corrected chi connectivity index (χ0v) is 19.9. The lowest BCUT2D eigenvalue weighted by atomic mass is 10.1. The van der Waals surface area contributed by atoms with E-state index in [2.05, 4.69) is 71.7 Å². The Morgan fingerprint density at radius 2 is 1.65 bits per heavy atom. The van der Waals surface area contributed by atoms with Gasteiger partial charge in [0.1, 0.15) is 5.75 Å². The van der Waals surface area contributed by atoms with Gasteiger partial charge >= 0.3 is 0 Å². The molecule has 0 aliphatic rings. The lowest BCUT2D eigenvalue weighted by Crippen LogP contribution is -2.21. The zero-order chi connectivity index (χ0) is 23.8. The summed E-state index contributed by atoms with van der Waals surface area (Å²) < 4.78 is 5.42. The fourth-order valence-corrected chi connectivity index (χ4v) is 3.81. The van der Waals surface area contributed by atoms with Crippen molar-refractivity contribution in [2.45, 2.75) is 13.8 Å². The molecule has 0 bridgehead atoms. The number of hydrogen-bond donors (Lipinski definition) is 1. The first-order valence-electron chi connectivity index (χ1n) is 11.6. The number of aromatic nitrogens is 1. The van der Waals surface area contributed by atoms with Gasteiger partial charge in [0, 0.05) is 24.2 Å². The van der Waals surface area contributed by atoms with Crippen LogP contribution in [0.4, 0.5) is 11.4 Å². The Morgan fingerprint density at radius 3 is 2.35 bits per heavy atom. The first kappa shape index (κ1) is 23.1. The molecule has 34 heavy (non-hydrogen) atoms. The molecule has 172 valence electrons. The summed E-state index contributed by atoms with van der Waals surface area (Å²) in [5, 5.41) is 5.46. The van der Waals surface area contributed by atoms with Crippen LogP contribution in [-0.2, 0) is 0 Å². The smallest absolute Gasteiger partial charge is 0.119 e. The first-order chi connectivity index (χ1) is 16.7. The SMILES string of the molecule is CCN(CC)c1ccc(/C=N/Nc2cc(/C=C/c3ccccc3)nc3ccc(OC)cc23)cc1. The highest BCUT2D eigenvalue weighted by Gasteiger charge is 2.06. The van der Waals surface area contributed by atoms with Gasteiger partial charge in [-0.1, -0.05) is 48.5 Å². The molecule has 0 aliphatic carbocycles. The maximum absolute atomic E-state index is 5.42. The van der Waals surface area contributed by atoms with E-state index < -0.39 is 0 Å². The van der Waals surface area contributed by atoms with E-state index in [1.165, 1.54) is 5.69 Å². The molecule has 0 saturated heterocycles. The van der Waals surface area contributed by atoms with Gasteiger partial charge in [-0.25, -0.2) is 4.98 Å². The standard InChI is InChI=1S/C29H30N4O/c1-4-33(5-2)25-15-12-23(13-16-25)21-30-32-29-19-24(14-11-22-9-7-6-8-10-22)31-28-18-17-26(34-3)20-27(28)29/h6-21H,4-5H2,1-3H3,(H,31,32)/b14-11+,30-21+. The van der Waals surface area contributed by atoms with Crippen LogP contribution in [0.2, 0.25) is 0 Å². The van der Waals surface area contributed by atoms with Crippen molar-refractivity contribution >= 4 is 40.6 Å². The van der Waals surface area contributed by atoms with Crippen LogP contribution in [0.15, 0.2) is 84.0 Å². The van der Waals surface area contributed by atoms with Gasteiger partial charge < -0.3 is 9.64 Å². The Labute approximate surface area is 201 Å². The summed E-state index contributed by atoms with van der Waals surface area (Å²) in [5.74, 6) is 0.779. The quantitative estimate of drug-likeness (QED) is 0.228. The lowest BCUT2D eigenvalue weighted by Gasteiger charge is -2.20. The van der Waals surface area contributed by atoms with Crippen LogP contribution in [0.5, 0.6) is 5.75 Å². The highest BCUT2D eigenvalue weighted by molar-refractivity contribution is 5.94. The third kappa shape index (κ3) is 5.62. The number of ether oxygens (including phenoxy) is 1. The minimum absolute atomic E-state index is 0.779. The number of nitrogens with zero attached hydrogens (tertiary/aromatic N) is 3. The van der Waals surface area contributed by atoms with Crippen molar-refractivity contribution in [3.05, 3.63) is 95.7 Å². The van der Waals surface area contributed by atoms with Crippen molar-refractivity contribution in [3.63, 3.8) is 0 Å². The number of hydrazone groups is 1. The molecule has 4 rings (SSSR count). The molecular formula is C29H30N4O. The molecule has 4 aromatic rings. The largest absolute Gasteiger partial charge is 0.497 e. The van der Waals surface area contributed by atoms with Gasteiger partial charge in [0.05, 0.1) is 30.2 Å². The molecule has 0 radical (unpaired) electrons. The van der Waals surface area contributed by atoms with Gasteiger partial charge in [0.15, 0.2) is 0 Å². The molecular weight excluding hydrogens is 420 g/mol. The van der Waals surface area contributed by atoms with E-state index in [0.717, 1.165) is 52.3 Å². The summed E-state index contributed by atoms with van der Waals surface area (Å²) in [6.45, 7) is 6.32. The summed E-state index contributed by atoms with van der Waals surface area (Å²) in [6, 6.07) is 26.5. The summed E-state index contributed by atoms with van der Waals surface area (Å²) in [4.78, 5) is 7.12. The van der Waals surface area contributed by atoms with Crippen LogP contribution in [0.3, 0.4) is 0 Å². The average Bonchev–Trinajstić information content (AvgIpc) is 2.89. The fraction of sp³-hybridized carbons (Fsp3) is 0.172. The maximum Gasteiger partial charge on any atom is 0.119 e. The molecule has 3 aromatic carbocycles. The van der Waals surface area contributed by atoms with Gasteiger partial charge in [-0.05, 0) is 67.4 Å². The van der Waals surface area contributed by atoms with E-state index >= 15 is 0 Å². The summed E-state index contributed by atoms with van der Waals surface area (Å²) in [6.07, 6.45) is 5.90. The molecule has 0 amide bonds. The predicted octanol–water partition coefficient (Wildman–Crippen LogP) is 6.71. The molecule has 0 saturated carbocycles. The number of pyridine rings is 1. The van der Waals surface area contributed by atoms with Gasteiger partial charge in [-0.2, -0.15) is 5.10 Å². The van der Waals surface area contributed by atoms with E-state index in [4.69, 9.17) is 9.72 Å². The van der Waals surface area contributed by atoms with Crippen molar-refractivity contribution in [3.8, 4) is 5.75 Å². The van der Waals surface area contributed by atoms with Gasteiger partial charge in [0.2, 0.25) is 0 Å². The zero-order valence-electron chi connectivity index (χ0n) is 19.9. The second-order valence-electron chi connectivity index (χ2n) is 7.86. The van der Waals surface area contributed by atoms with Gasteiger partial charge in [0.25, 0.3) is 0 Å². The number of fused-ring (bicyclic) bond motifs is 1. The van der Waals surface area contributed by atoms with E-state index in [9.17, 15) is 0 Å². The Morgan fingerprint density at radius 1 is 0.882 bits per heavy atom. The third-order valence-electron chi connectivity index (χ3n) is 5.70. The Kier molecular flexibility index (Phi) is 7.56. The Balaban J connectivity index is 1.60. The molecule has 1 N–H and O–H groups in total. The molecule has 1 heterocycles. The molecule has 0 fully saturated rings. The molecule has 5 nitrogen and oxygen atoms in total. The molecule has 0 spiro atoms. The number of methoxy groups -OCH3 is 1. The first-order valence-corrected chi connectivity index (χ1v) is 11.6. The van der Waals surface area contributed by atoms with Crippen molar-refractivity contribution in [2.24, 2.45) is 5.10 Å². The molecule has 0 atom stereocenters. The maximum atomic E-state index is 5.42. The molecule has 5 heteroatoms. The Hall–Kier alpha value is -4.12. The number of nitrogens with one attached hydrogen (secondary N) is 1. The van der Waals surface area contributed by atoms with Crippen molar-refractivity contribution < 1.29 is 4.74 Å². The second kappa shape index (κ2) is 11.1. The fourth-order valence-electron chi connectivity index (χ4n) is 3.81. The van der Waals surface area contributed by atoms with Crippen LogP contribution in [0.1, 0.15) is 30.7 Å². The lowest BCUT2D eigenvalue weighted by molar-refractivity contribution is 0.415. The number of benzene rings is 3. The number of rotatable bonds is 9. The van der Waals surface area contributed by atoms with E-state index in [-0.39, 0.29) is 0 Å². The van der Waals surface area contributed by atoms with Crippen LogP contribution >= 0.6 is 0 Å². The van der Waals surface area contributed by atoms with E-state index in [1.54, 1.807) is 7.11 Å². The molecule has 1 aromatic heterocycles.